The van der Waals surface area contributed by atoms with Crippen LogP contribution in [-0.4, -0.2) is 26.7 Å². The van der Waals surface area contributed by atoms with E-state index in [-0.39, 0.29) is 0 Å². The molecule has 0 aliphatic heterocycles. The maximum absolute atomic E-state index is 6.25. The van der Waals surface area contributed by atoms with E-state index in [9.17, 15) is 0 Å². The standard InChI is InChI=1S/C15H18N6S3/c1-2-17-14-20-21-15(24-14)22-7-10-18-12(16)11-8-5-3-4-6-9(8)23-13(11)19-10/h2-7H2,1H3,(H,17,20)(H2,16,18,19). The minimum Gasteiger partial charge on any atom is -0.383 e. The van der Waals surface area contributed by atoms with Gasteiger partial charge in [0.1, 0.15) is 16.5 Å². The Hall–Kier alpha value is -1.45. The van der Waals surface area contributed by atoms with Gasteiger partial charge in [0.05, 0.1) is 11.1 Å². The quantitative estimate of drug-likeness (QED) is 0.654. The summed E-state index contributed by atoms with van der Waals surface area (Å²) in [7, 11) is 0. The molecule has 6 nitrogen and oxygen atoms in total. The second kappa shape index (κ2) is 6.81. The molecule has 1 aliphatic carbocycles. The summed E-state index contributed by atoms with van der Waals surface area (Å²) in [5.41, 5.74) is 7.64. The monoisotopic (exact) mass is 378 g/mol. The molecule has 0 spiro atoms. The number of hydrogen-bond donors (Lipinski definition) is 2. The Morgan fingerprint density at radius 2 is 2.04 bits per heavy atom. The summed E-state index contributed by atoms with van der Waals surface area (Å²) in [5.74, 6) is 2.05. The predicted octanol–water partition coefficient (Wildman–Crippen LogP) is 3.73. The highest BCUT2D eigenvalue weighted by atomic mass is 32.2. The van der Waals surface area contributed by atoms with E-state index >= 15 is 0 Å². The lowest BCUT2D eigenvalue weighted by Crippen LogP contribution is -2.02. The molecule has 0 radical (unpaired) electrons. The van der Waals surface area contributed by atoms with Crippen LogP contribution in [0.4, 0.5) is 10.9 Å². The lowest BCUT2D eigenvalue weighted by Gasteiger charge is -2.10. The van der Waals surface area contributed by atoms with Crippen LogP contribution in [0.5, 0.6) is 0 Å². The van der Waals surface area contributed by atoms with E-state index in [1.807, 2.05) is 6.92 Å². The second-order valence-electron chi connectivity index (χ2n) is 5.61. The fourth-order valence-electron chi connectivity index (χ4n) is 2.91. The molecule has 0 saturated heterocycles. The van der Waals surface area contributed by atoms with Crippen molar-refractivity contribution in [3.8, 4) is 0 Å². The normalized spacial score (nSPS) is 14.0. The molecule has 3 heterocycles. The van der Waals surface area contributed by atoms with Crippen LogP contribution in [0.1, 0.15) is 36.0 Å². The van der Waals surface area contributed by atoms with Gasteiger partial charge in [-0.05, 0) is 38.2 Å². The van der Waals surface area contributed by atoms with Gasteiger partial charge >= 0.3 is 0 Å². The Labute approximate surface area is 152 Å². The Morgan fingerprint density at radius 3 is 2.92 bits per heavy atom. The van der Waals surface area contributed by atoms with Crippen molar-refractivity contribution in [2.45, 2.75) is 42.7 Å². The number of fused-ring (bicyclic) bond motifs is 3. The summed E-state index contributed by atoms with van der Waals surface area (Å²) >= 11 is 4.94. The highest BCUT2D eigenvalue weighted by Gasteiger charge is 2.20. The van der Waals surface area contributed by atoms with Crippen molar-refractivity contribution in [1.29, 1.82) is 0 Å². The minimum absolute atomic E-state index is 0.626. The average molecular weight is 379 g/mol. The van der Waals surface area contributed by atoms with Gasteiger partial charge in [-0.3, -0.25) is 0 Å². The number of hydrogen-bond acceptors (Lipinski definition) is 9. The number of thioether (sulfide) groups is 1. The van der Waals surface area contributed by atoms with E-state index in [2.05, 4.69) is 20.5 Å². The van der Waals surface area contributed by atoms with Crippen molar-refractivity contribution in [3.05, 3.63) is 16.3 Å². The zero-order valence-electron chi connectivity index (χ0n) is 13.3. The van der Waals surface area contributed by atoms with Crippen LogP contribution in [0.15, 0.2) is 4.34 Å². The number of thiophene rings is 1. The summed E-state index contributed by atoms with van der Waals surface area (Å²) in [5, 5.41) is 13.4. The molecule has 9 heteroatoms. The Bertz CT molecular complexity index is 872. The molecule has 0 fully saturated rings. The van der Waals surface area contributed by atoms with Crippen molar-refractivity contribution in [1.82, 2.24) is 20.2 Å². The second-order valence-corrected chi connectivity index (χ2v) is 8.89. The number of nitrogens with one attached hydrogen (secondary N) is 1. The first-order valence-corrected chi connectivity index (χ1v) is 10.6. The summed E-state index contributed by atoms with van der Waals surface area (Å²) in [6.45, 7) is 2.89. The fourth-order valence-corrected chi connectivity index (χ4v) is 5.88. The van der Waals surface area contributed by atoms with Crippen LogP contribution in [0.3, 0.4) is 0 Å². The van der Waals surface area contributed by atoms with Crippen molar-refractivity contribution >= 4 is 55.6 Å². The van der Waals surface area contributed by atoms with Crippen molar-refractivity contribution in [2.75, 3.05) is 17.6 Å². The van der Waals surface area contributed by atoms with Gasteiger partial charge < -0.3 is 11.1 Å². The lowest BCUT2D eigenvalue weighted by atomic mass is 9.97. The summed E-state index contributed by atoms with van der Waals surface area (Å²) in [4.78, 5) is 11.8. The van der Waals surface area contributed by atoms with Crippen LogP contribution in [0.25, 0.3) is 10.2 Å². The van der Waals surface area contributed by atoms with Gasteiger partial charge in [0.15, 0.2) is 4.34 Å². The molecule has 0 aromatic carbocycles. The highest BCUT2D eigenvalue weighted by molar-refractivity contribution is 8.00. The maximum atomic E-state index is 6.25. The number of anilines is 2. The average Bonchev–Trinajstić information content (AvgIpc) is 3.17. The maximum Gasteiger partial charge on any atom is 0.206 e. The minimum atomic E-state index is 0.626. The van der Waals surface area contributed by atoms with Crippen molar-refractivity contribution in [2.24, 2.45) is 0 Å². The van der Waals surface area contributed by atoms with E-state index in [4.69, 9.17) is 10.7 Å². The third-order valence-corrected chi connectivity index (χ3v) is 7.14. The van der Waals surface area contributed by atoms with Crippen LogP contribution < -0.4 is 11.1 Å². The SMILES string of the molecule is CCNc1nnc(SCc2nc(N)c3c4c(sc3n2)CCCC4)s1. The zero-order chi connectivity index (χ0) is 16.5. The molecule has 3 N–H and O–H groups in total. The zero-order valence-corrected chi connectivity index (χ0v) is 15.8. The molecule has 4 rings (SSSR count). The molecule has 0 unspecified atom stereocenters. The molecule has 24 heavy (non-hydrogen) atoms. The van der Waals surface area contributed by atoms with Gasteiger partial charge in [-0.1, -0.05) is 23.1 Å². The molecular formula is C15H18N6S3. The first-order chi connectivity index (χ1) is 11.7. The van der Waals surface area contributed by atoms with Crippen LogP contribution in [0.2, 0.25) is 0 Å². The summed E-state index contributed by atoms with van der Waals surface area (Å²) in [6.07, 6.45) is 4.76. The molecule has 126 valence electrons. The molecule has 0 amide bonds. The number of nitrogens with zero attached hydrogens (tertiary/aromatic N) is 4. The molecular weight excluding hydrogens is 360 g/mol. The van der Waals surface area contributed by atoms with Crippen LogP contribution in [-0.2, 0) is 18.6 Å². The van der Waals surface area contributed by atoms with E-state index in [0.29, 0.717) is 11.6 Å². The first kappa shape index (κ1) is 16.0. The van der Waals surface area contributed by atoms with Gasteiger partial charge in [-0.25, -0.2) is 9.97 Å². The van der Waals surface area contributed by atoms with Crippen molar-refractivity contribution < 1.29 is 0 Å². The molecule has 3 aromatic heterocycles. The lowest BCUT2D eigenvalue weighted by molar-refractivity contribution is 0.700. The third kappa shape index (κ3) is 3.07. The van der Waals surface area contributed by atoms with Gasteiger partial charge in [0.25, 0.3) is 0 Å². The van der Waals surface area contributed by atoms with Gasteiger partial charge in [-0.15, -0.1) is 21.5 Å². The number of rotatable bonds is 5. The first-order valence-electron chi connectivity index (χ1n) is 8.01. The van der Waals surface area contributed by atoms with Crippen molar-refractivity contribution in [3.63, 3.8) is 0 Å². The molecule has 0 saturated carbocycles. The molecule has 1 aliphatic rings. The summed E-state index contributed by atoms with van der Waals surface area (Å²) in [6, 6.07) is 0. The number of nitrogen functional groups attached to an aromatic ring is 1. The summed E-state index contributed by atoms with van der Waals surface area (Å²) < 4.78 is 0.915. The van der Waals surface area contributed by atoms with E-state index < -0.39 is 0 Å². The Morgan fingerprint density at radius 1 is 1.17 bits per heavy atom. The highest BCUT2D eigenvalue weighted by Crippen LogP contribution is 2.38. The fraction of sp³-hybridized carbons (Fsp3) is 0.467. The van der Waals surface area contributed by atoms with Crippen LogP contribution in [0, 0.1) is 0 Å². The topological polar surface area (TPSA) is 89.6 Å². The van der Waals surface area contributed by atoms with Gasteiger partial charge in [0.2, 0.25) is 5.13 Å². The number of aryl methyl sites for hydroxylation is 2. The smallest absolute Gasteiger partial charge is 0.206 e. The predicted molar refractivity (Wildman–Crippen MR) is 102 cm³/mol. The van der Waals surface area contributed by atoms with E-state index in [0.717, 1.165) is 44.9 Å². The van der Waals surface area contributed by atoms with Crippen LogP contribution >= 0.6 is 34.4 Å². The molecule has 3 aromatic rings. The Kier molecular flexibility index (Phi) is 4.55. The van der Waals surface area contributed by atoms with E-state index in [1.54, 1.807) is 34.4 Å². The molecule has 0 bridgehead atoms. The molecule has 0 atom stereocenters. The number of nitrogens with two attached hydrogens (primary N) is 1. The van der Waals surface area contributed by atoms with Gasteiger partial charge in [0, 0.05) is 11.4 Å². The Balaban J connectivity index is 1.56. The number of aromatic nitrogens is 4. The van der Waals surface area contributed by atoms with E-state index in [1.165, 1.54) is 23.3 Å². The van der Waals surface area contributed by atoms with Gasteiger partial charge in [-0.2, -0.15) is 0 Å². The largest absolute Gasteiger partial charge is 0.383 e. The third-order valence-electron chi connectivity index (χ3n) is 3.95.